The Morgan fingerprint density at radius 1 is 0.343 bits per heavy atom. The summed E-state index contributed by atoms with van der Waals surface area (Å²) in [6.45, 7) is 6.96. The Kier molecular flexibility index (Phi) is 60.5. The Balaban J connectivity index is 2.35. The van der Waals surface area contributed by atoms with Gasteiger partial charge in [-0.15, -0.1) is 0 Å². The number of rotatable bonds is 69. The van der Waals surface area contributed by atoms with Crippen LogP contribution < -0.4 is 0 Å². The third-order valence-electron chi connectivity index (χ3n) is 19.6. The molecule has 0 amide bonds. The standard InChI is InChI=1S/C84H150O15/c1-5-9-13-17-21-25-29-33-37-41-45-49-53-57-61-65-74(86)93-70-73-80(96-76(88)67-63-59-55-51-47-43-39-35-31-27-23-19-15-11-7-3)82(97-77(89)68-64-60-56-52-48-44-40-36-32-28-24-20-16-12-8-4)84(98-73,99-81-79(91)78(90)72(69-85)95-83(81)92)71-94-75(87)66-62-58-54-50-46-42-38-34-30-26-22-18-14-10-6-2/h33-40,72-73,78-83,85,90-92H,5-32,41-71H2,1-4H3/t72-,73-,78-,79+,80-,81-,82+,83+,84+/m1/s1. The highest BCUT2D eigenvalue weighted by Crippen LogP contribution is 2.41. The lowest BCUT2D eigenvalue weighted by Gasteiger charge is -2.44. The van der Waals surface area contributed by atoms with Crippen molar-refractivity contribution in [1.29, 1.82) is 0 Å². The van der Waals surface area contributed by atoms with Gasteiger partial charge in [0.25, 0.3) is 0 Å². The smallest absolute Gasteiger partial charge is 0.306 e. The monoisotopic (exact) mass is 1400 g/mol. The molecular weight excluding hydrogens is 1250 g/mol. The highest BCUT2D eigenvalue weighted by molar-refractivity contribution is 5.71. The predicted octanol–water partition coefficient (Wildman–Crippen LogP) is 21.0. The number of hydrogen-bond donors (Lipinski definition) is 4. The van der Waals surface area contributed by atoms with E-state index in [1.807, 2.05) is 0 Å². The van der Waals surface area contributed by atoms with Gasteiger partial charge in [0.2, 0.25) is 5.79 Å². The quantitative estimate of drug-likeness (QED) is 0.0193. The van der Waals surface area contributed by atoms with E-state index in [0.29, 0.717) is 25.7 Å². The summed E-state index contributed by atoms with van der Waals surface area (Å²) < 4.78 is 43.4. The summed E-state index contributed by atoms with van der Waals surface area (Å²) in [5.41, 5.74) is 0. The highest BCUT2D eigenvalue weighted by Gasteiger charge is 2.64. The average molecular weight is 1400 g/mol. The van der Waals surface area contributed by atoms with Crippen LogP contribution in [0, 0.1) is 0 Å². The van der Waals surface area contributed by atoms with Crippen molar-refractivity contribution >= 4 is 23.9 Å². The molecule has 4 N–H and O–H groups in total. The molecule has 99 heavy (non-hydrogen) atoms. The Hall–Kier alpha value is -3.44. The summed E-state index contributed by atoms with van der Waals surface area (Å²) in [6.07, 6.45) is 61.7. The normalized spacial score (nSPS) is 21.1. The fourth-order valence-corrected chi connectivity index (χ4v) is 13.2. The molecule has 0 spiro atoms. The lowest BCUT2D eigenvalue weighted by molar-refractivity contribution is -0.366. The maximum Gasteiger partial charge on any atom is 0.306 e. The van der Waals surface area contributed by atoms with E-state index in [0.717, 1.165) is 154 Å². The average Bonchev–Trinajstić information content (AvgIpc) is 1.62. The van der Waals surface area contributed by atoms with Crippen LogP contribution in [0.1, 0.15) is 387 Å². The number of carbonyl (C=O) groups excluding carboxylic acids is 4. The van der Waals surface area contributed by atoms with E-state index in [2.05, 4.69) is 76.3 Å². The first-order chi connectivity index (χ1) is 48.5. The first-order valence-corrected chi connectivity index (χ1v) is 41.4. The van der Waals surface area contributed by atoms with Crippen LogP contribution in [-0.4, -0.2) is 119 Å². The maximum atomic E-state index is 14.4. The lowest BCUT2D eigenvalue weighted by atomic mass is 9.98. The minimum absolute atomic E-state index is 0.0215. The molecule has 2 aliphatic heterocycles. The molecule has 0 aromatic carbocycles. The number of unbranched alkanes of at least 4 members (excludes halogenated alkanes) is 44. The molecule has 2 rings (SSSR count). The van der Waals surface area contributed by atoms with Crippen molar-refractivity contribution in [3.05, 3.63) is 48.6 Å². The maximum absolute atomic E-state index is 14.4. The molecule has 0 aromatic heterocycles. The van der Waals surface area contributed by atoms with E-state index in [-0.39, 0.29) is 25.7 Å². The highest BCUT2D eigenvalue weighted by atomic mass is 16.8. The molecule has 2 fully saturated rings. The number of hydrogen-bond acceptors (Lipinski definition) is 15. The molecule has 576 valence electrons. The van der Waals surface area contributed by atoms with Gasteiger partial charge in [-0.1, -0.05) is 282 Å². The molecule has 0 saturated carbocycles. The molecule has 9 atom stereocenters. The Morgan fingerprint density at radius 3 is 0.970 bits per heavy atom. The fraction of sp³-hybridized carbons (Fsp3) is 0.857. The van der Waals surface area contributed by atoms with Crippen molar-refractivity contribution in [3.63, 3.8) is 0 Å². The van der Waals surface area contributed by atoms with Gasteiger partial charge in [-0.05, 0) is 128 Å². The molecule has 0 aliphatic carbocycles. The van der Waals surface area contributed by atoms with Crippen LogP contribution in [0.3, 0.4) is 0 Å². The SMILES string of the molecule is CCCCCCCCC=CCCCCCCCC(=O)OC[C@H]1O[C@@](COC(=O)CCCCCCCC=CCCCCCCCC)(O[C@@H]2[C@@H](O)[C@H](O)[C@@H](CO)O[C@@H]2O)[C@@H](OC(=O)CCCCCCCC=CCCCCCCCC)[C@@H]1OC(=O)CCCCCCCC=CCCCCCCCC. The van der Waals surface area contributed by atoms with E-state index < -0.39 is 98.5 Å². The van der Waals surface area contributed by atoms with Crippen LogP contribution in [0.5, 0.6) is 0 Å². The summed E-state index contributed by atoms with van der Waals surface area (Å²) >= 11 is 0. The van der Waals surface area contributed by atoms with Gasteiger partial charge in [0, 0.05) is 25.7 Å². The summed E-state index contributed by atoms with van der Waals surface area (Å²) in [5, 5.41) is 44.3. The largest absolute Gasteiger partial charge is 0.463 e. The summed E-state index contributed by atoms with van der Waals surface area (Å²) in [7, 11) is 0. The van der Waals surface area contributed by atoms with Gasteiger partial charge in [-0.3, -0.25) is 19.2 Å². The minimum atomic E-state index is -2.42. The lowest BCUT2D eigenvalue weighted by Crippen LogP contribution is -2.64. The molecular formula is C84H150O15. The molecule has 0 radical (unpaired) electrons. The molecule has 0 bridgehead atoms. The molecule has 2 heterocycles. The van der Waals surface area contributed by atoms with E-state index in [9.17, 15) is 39.6 Å². The Labute approximate surface area is 604 Å². The van der Waals surface area contributed by atoms with Crippen molar-refractivity contribution in [1.82, 2.24) is 0 Å². The molecule has 15 nitrogen and oxygen atoms in total. The zero-order chi connectivity index (χ0) is 71.8. The van der Waals surface area contributed by atoms with Crippen LogP contribution >= 0.6 is 0 Å². The number of aliphatic hydroxyl groups is 4. The second kappa shape index (κ2) is 65.3. The van der Waals surface area contributed by atoms with E-state index in [1.165, 1.54) is 154 Å². The number of carbonyl (C=O) groups is 4. The van der Waals surface area contributed by atoms with Crippen LogP contribution in [0.15, 0.2) is 48.6 Å². The van der Waals surface area contributed by atoms with Crippen LogP contribution in [0.25, 0.3) is 0 Å². The van der Waals surface area contributed by atoms with Gasteiger partial charge < -0.3 is 53.6 Å². The zero-order valence-corrected chi connectivity index (χ0v) is 63.7. The van der Waals surface area contributed by atoms with E-state index in [1.54, 1.807) is 0 Å². The predicted molar refractivity (Wildman–Crippen MR) is 402 cm³/mol. The Bertz CT molecular complexity index is 2020. The fourth-order valence-electron chi connectivity index (χ4n) is 13.2. The van der Waals surface area contributed by atoms with E-state index in [4.69, 9.17) is 33.2 Å². The van der Waals surface area contributed by atoms with Crippen molar-refractivity contribution in [3.8, 4) is 0 Å². The number of allylic oxidation sites excluding steroid dienone is 8. The van der Waals surface area contributed by atoms with Crippen molar-refractivity contribution in [2.24, 2.45) is 0 Å². The zero-order valence-electron chi connectivity index (χ0n) is 63.7. The van der Waals surface area contributed by atoms with Gasteiger partial charge in [-0.2, -0.15) is 0 Å². The topological polar surface area (TPSA) is 214 Å². The molecule has 2 saturated heterocycles. The third kappa shape index (κ3) is 48.3. The summed E-state index contributed by atoms with van der Waals surface area (Å²) in [4.78, 5) is 56.1. The van der Waals surface area contributed by atoms with Gasteiger partial charge in [0.15, 0.2) is 18.5 Å². The van der Waals surface area contributed by atoms with Crippen molar-refractivity contribution in [2.45, 2.75) is 442 Å². The van der Waals surface area contributed by atoms with Crippen LogP contribution in [-0.2, 0) is 52.3 Å². The second-order valence-electron chi connectivity index (χ2n) is 28.8. The van der Waals surface area contributed by atoms with Gasteiger partial charge in [0.1, 0.15) is 43.7 Å². The van der Waals surface area contributed by atoms with Gasteiger partial charge in [-0.25, -0.2) is 0 Å². The van der Waals surface area contributed by atoms with Crippen molar-refractivity contribution in [2.75, 3.05) is 19.8 Å². The second-order valence-corrected chi connectivity index (χ2v) is 28.8. The minimum Gasteiger partial charge on any atom is -0.463 e. The molecule has 15 heteroatoms. The summed E-state index contributed by atoms with van der Waals surface area (Å²) in [5.74, 6) is -4.86. The molecule has 2 aliphatic rings. The van der Waals surface area contributed by atoms with Crippen molar-refractivity contribution < 1.29 is 72.8 Å². The van der Waals surface area contributed by atoms with E-state index >= 15 is 0 Å². The molecule has 0 aromatic rings. The van der Waals surface area contributed by atoms with Crippen LogP contribution in [0.4, 0.5) is 0 Å². The summed E-state index contributed by atoms with van der Waals surface area (Å²) in [6, 6.07) is 0. The first-order valence-electron chi connectivity index (χ1n) is 41.4. The first kappa shape index (κ1) is 91.6. The van der Waals surface area contributed by atoms with Gasteiger partial charge >= 0.3 is 23.9 Å². The van der Waals surface area contributed by atoms with Gasteiger partial charge in [0.05, 0.1) is 6.61 Å². The molecule has 0 unspecified atom stereocenters. The Morgan fingerprint density at radius 2 is 0.636 bits per heavy atom. The number of aliphatic hydroxyl groups excluding tert-OH is 4. The third-order valence-corrected chi connectivity index (χ3v) is 19.6. The number of ether oxygens (including phenoxy) is 7. The number of esters is 4. The van der Waals surface area contributed by atoms with Crippen LogP contribution in [0.2, 0.25) is 0 Å².